The Hall–Kier alpha value is -3.47. The first-order valence-electron chi connectivity index (χ1n) is 12.7. The van der Waals surface area contributed by atoms with Crippen LogP contribution in [-0.2, 0) is 26.2 Å². The maximum atomic E-state index is 13.8. The normalized spacial score (nSPS) is 14.2. The van der Waals surface area contributed by atoms with Crippen molar-refractivity contribution in [3.05, 3.63) is 48.0 Å². The summed E-state index contributed by atoms with van der Waals surface area (Å²) >= 11 is 0. The molecule has 10 nitrogen and oxygen atoms in total. The average molecular weight is 548 g/mol. The summed E-state index contributed by atoms with van der Waals surface area (Å²) in [6, 6.07) is 11.0. The summed E-state index contributed by atoms with van der Waals surface area (Å²) in [6.07, 6.45) is 0.734. The van der Waals surface area contributed by atoms with Crippen LogP contribution in [0, 0.1) is 0 Å². The van der Waals surface area contributed by atoms with Crippen LogP contribution >= 0.6 is 0 Å². The molecule has 11 heteroatoms. The molecule has 2 aromatic carbocycles. The average Bonchev–Trinajstić information content (AvgIpc) is 2.93. The van der Waals surface area contributed by atoms with E-state index in [4.69, 9.17) is 14.2 Å². The van der Waals surface area contributed by atoms with E-state index in [-0.39, 0.29) is 29.9 Å². The Morgan fingerprint density at radius 1 is 1.03 bits per heavy atom. The van der Waals surface area contributed by atoms with Gasteiger partial charge in [-0.15, -0.1) is 0 Å². The molecule has 0 aliphatic carbocycles. The summed E-state index contributed by atoms with van der Waals surface area (Å²) < 4.78 is 43.7. The summed E-state index contributed by atoms with van der Waals surface area (Å²) in [6.45, 7) is 7.37. The van der Waals surface area contributed by atoms with Gasteiger partial charge in [-0.3, -0.25) is 13.9 Å². The molecule has 2 amide bonds. The molecule has 2 atom stereocenters. The van der Waals surface area contributed by atoms with E-state index < -0.39 is 28.5 Å². The molecule has 0 saturated carbocycles. The lowest BCUT2D eigenvalue weighted by atomic mass is 10.1. The zero-order valence-electron chi connectivity index (χ0n) is 22.6. The first-order chi connectivity index (χ1) is 18.1. The summed E-state index contributed by atoms with van der Waals surface area (Å²) in [4.78, 5) is 28.2. The van der Waals surface area contributed by atoms with Gasteiger partial charge in [0.25, 0.3) is 0 Å². The molecule has 0 fully saturated rings. The second kappa shape index (κ2) is 12.9. The van der Waals surface area contributed by atoms with Crippen molar-refractivity contribution in [1.29, 1.82) is 0 Å². The maximum absolute atomic E-state index is 13.8. The molecule has 1 N–H and O–H groups in total. The topological polar surface area (TPSA) is 114 Å². The molecular weight excluding hydrogens is 510 g/mol. The van der Waals surface area contributed by atoms with Crippen molar-refractivity contribution in [2.75, 3.05) is 36.9 Å². The van der Waals surface area contributed by atoms with E-state index in [1.54, 1.807) is 56.5 Å². The number of hydrogen-bond donors (Lipinski definition) is 1. The standard InChI is InChI=1S/C27H37N3O7S/c1-6-19(3)28-27(32)20(4)29(17-21-8-11-23(35-5)12-9-21)26(31)18-30(38(33,34)7-2)22-10-13-24-25(16-22)37-15-14-36-24/h8-13,16,19-20H,6-7,14-15,17-18H2,1-5H3,(H,28,32)/t19-,20+/m1/s1. The van der Waals surface area contributed by atoms with Gasteiger partial charge >= 0.3 is 0 Å². The van der Waals surface area contributed by atoms with Crippen LogP contribution in [0.2, 0.25) is 0 Å². The van der Waals surface area contributed by atoms with E-state index in [9.17, 15) is 18.0 Å². The number of sulfonamides is 1. The zero-order valence-corrected chi connectivity index (χ0v) is 23.4. The van der Waals surface area contributed by atoms with E-state index in [0.29, 0.717) is 30.5 Å². The number of fused-ring (bicyclic) bond motifs is 1. The van der Waals surface area contributed by atoms with Crippen LogP contribution < -0.4 is 23.8 Å². The van der Waals surface area contributed by atoms with Crippen LogP contribution in [0.25, 0.3) is 0 Å². The van der Waals surface area contributed by atoms with Crippen molar-refractivity contribution >= 4 is 27.5 Å². The Bertz CT molecular complexity index is 1220. The number of ether oxygens (including phenoxy) is 3. The molecular formula is C27H37N3O7S. The van der Waals surface area contributed by atoms with Crippen LogP contribution in [0.3, 0.4) is 0 Å². The van der Waals surface area contributed by atoms with Crippen molar-refractivity contribution in [3.63, 3.8) is 0 Å². The highest BCUT2D eigenvalue weighted by Crippen LogP contribution is 2.35. The number of rotatable bonds is 12. The van der Waals surface area contributed by atoms with E-state index >= 15 is 0 Å². The van der Waals surface area contributed by atoms with Gasteiger partial charge in [0.1, 0.15) is 31.5 Å². The first kappa shape index (κ1) is 29.1. The van der Waals surface area contributed by atoms with Gasteiger partial charge in [-0.25, -0.2) is 8.42 Å². The number of nitrogens with zero attached hydrogens (tertiary/aromatic N) is 2. The fourth-order valence-electron chi connectivity index (χ4n) is 3.88. The van der Waals surface area contributed by atoms with Crippen LogP contribution in [-0.4, -0.2) is 69.8 Å². The van der Waals surface area contributed by atoms with Crippen LogP contribution in [0.1, 0.15) is 39.7 Å². The number of amides is 2. The smallest absolute Gasteiger partial charge is 0.244 e. The highest BCUT2D eigenvalue weighted by Gasteiger charge is 2.32. The van der Waals surface area contributed by atoms with Crippen LogP contribution in [0.4, 0.5) is 5.69 Å². The number of anilines is 1. The van der Waals surface area contributed by atoms with E-state index in [1.807, 2.05) is 13.8 Å². The Kier molecular flexibility index (Phi) is 9.84. The molecule has 0 aromatic heterocycles. The van der Waals surface area contributed by atoms with Crippen molar-refractivity contribution in [3.8, 4) is 17.2 Å². The lowest BCUT2D eigenvalue weighted by Crippen LogP contribution is -2.52. The van der Waals surface area contributed by atoms with Crippen molar-refractivity contribution in [2.45, 2.75) is 52.7 Å². The van der Waals surface area contributed by atoms with E-state index in [0.717, 1.165) is 16.3 Å². The minimum Gasteiger partial charge on any atom is -0.497 e. The predicted octanol–water partition coefficient (Wildman–Crippen LogP) is 2.95. The van der Waals surface area contributed by atoms with Crippen LogP contribution in [0.15, 0.2) is 42.5 Å². The molecule has 1 aliphatic rings. The predicted molar refractivity (Wildman–Crippen MR) is 145 cm³/mol. The Morgan fingerprint density at radius 3 is 2.29 bits per heavy atom. The number of nitrogens with one attached hydrogen (secondary N) is 1. The van der Waals surface area contributed by atoms with Gasteiger partial charge in [0.15, 0.2) is 11.5 Å². The van der Waals surface area contributed by atoms with E-state index in [2.05, 4.69) is 5.32 Å². The third-order valence-electron chi connectivity index (χ3n) is 6.47. The highest BCUT2D eigenvalue weighted by atomic mass is 32.2. The second-order valence-corrected chi connectivity index (χ2v) is 11.3. The third kappa shape index (κ3) is 7.09. The molecule has 0 unspecified atom stereocenters. The Labute approximate surface area is 224 Å². The molecule has 2 aromatic rings. The Morgan fingerprint density at radius 2 is 1.68 bits per heavy atom. The molecule has 0 saturated heterocycles. The van der Waals surface area contributed by atoms with Gasteiger partial charge < -0.3 is 24.4 Å². The van der Waals surface area contributed by atoms with Gasteiger partial charge in [-0.1, -0.05) is 19.1 Å². The van der Waals surface area contributed by atoms with Crippen molar-refractivity contribution < 1.29 is 32.2 Å². The molecule has 0 radical (unpaired) electrons. The van der Waals surface area contributed by atoms with Gasteiger partial charge in [-0.2, -0.15) is 0 Å². The molecule has 1 aliphatic heterocycles. The maximum Gasteiger partial charge on any atom is 0.244 e. The van der Waals surface area contributed by atoms with Gasteiger partial charge in [0.05, 0.1) is 18.6 Å². The molecule has 0 spiro atoms. The Balaban J connectivity index is 1.94. The summed E-state index contributed by atoms with van der Waals surface area (Å²) in [5.41, 5.74) is 1.05. The van der Waals surface area contributed by atoms with Crippen molar-refractivity contribution in [1.82, 2.24) is 10.2 Å². The fourth-order valence-corrected chi connectivity index (χ4v) is 4.94. The molecule has 3 rings (SSSR count). The monoisotopic (exact) mass is 547 g/mol. The number of hydrogen-bond acceptors (Lipinski definition) is 7. The summed E-state index contributed by atoms with van der Waals surface area (Å²) in [7, 11) is -2.28. The minimum atomic E-state index is -3.85. The van der Waals surface area contributed by atoms with Crippen LogP contribution in [0.5, 0.6) is 17.2 Å². The number of methoxy groups -OCH3 is 1. The largest absolute Gasteiger partial charge is 0.497 e. The molecule has 0 bridgehead atoms. The zero-order chi connectivity index (χ0) is 27.9. The number of carbonyl (C=O) groups excluding carboxylic acids is 2. The molecule has 208 valence electrons. The lowest BCUT2D eigenvalue weighted by Gasteiger charge is -2.32. The lowest BCUT2D eigenvalue weighted by molar-refractivity contribution is -0.139. The van der Waals surface area contributed by atoms with Gasteiger partial charge in [0, 0.05) is 18.7 Å². The van der Waals surface area contributed by atoms with Gasteiger partial charge in [0.2, 0.25) is 21.8 Å². The number of benzene rings is 2. The quantitative estimate of drug-likeness (QED) is 0.435. The SMILES string of the molecule is CC[C@@H](C)NC(=O)[C@H](C)N(Cc1ccc(OC)cc1)C(=O)CN(c1ccc2c(c1)OCCO2)S(=O)(=O)CC. The van der Waals surface area contributed by atoms with E-state index in [1.165, 1.54) is 11.8 Å². The molecule has 1 heterocycles. The highest BCUT2D eigenvalue weighted by molar-refractivity contribution is 7.92. The van der Waals surface area contributed by atoms with Crippen molar-refractivity contribution in [2.24, 2.45) is 0 Å². The minimum absolute atomic E-state index is 0.0717. The van der Waals surface area contributed by atoms with Gasteiger partial charge in [-0.05, 0) is 57.0 Å². The second-order valence-electron chi connectivity index (χ2n) is 9.10. The number of carbonyl (C=O) groups is 2. The first-order valence-corrected chi connectivity index (χ1v) is 14.3. The summed E-state index contributed by atoms with van der Waals surface area (Å²) in [5.74, 6) is 0.542. The third-order valence-corrected chi connectivity index (χ3v) is 8.21. The molecule has 38 heavy (non-hydrogen) atoms. The summed E-state index contributed by atoms with van der Waals surface area (Å²) in [5, 5.41) is 2.91. The fraction of sp³-hybridized carbons (Fsp3) is 0.481.